The molecule has 1 aliphatic rings. The number of nitrogens with two attached hydrogens (primary N) is 1. The van der Waals surface area contributed by atoms with E-state index in [1.807, 2.05) is 6.92 Å². The second kappa shape index (κ2) is 4.34. The fraction of sp³-hybridized carbons (Fsp3) is 0.875. The number of hydrogen-bond donors (Lipinski definition) is 1. The molecule has 1 unspecified atom stereocenters. The van der Waals surface area contributed by atoms with Gasteiger partial charge in [0.25, 0.3) is 0 Å². The molecule has 64 valence electrons. The third-order valence-electron chi connectivity index (χ3n) is 1.84. The Morgan fingerprint density at radius 2 is 2.55 bits per heavy atom. The molecule has 0 aromatic heterocycles. The Labute approximate surface area is 67.6 Å². The van der Waals surface area contributed by atoms with Gasteiger partial charge in [0.2, 0.25) is 0 Å². The number of amidine groups is 1. The van der Waals surface area contributed by atoms with Crippen LogP contribution < -0.4 is 5.73 Å². The lowest BCUT2D eigenvalue weighted by molar-refractivity contribution is 0.106. The first kappa shape index (κ1) is 8.53. The van der Waals surface area contributed by atoms with E-state index in [0.29, 0.717) is 11.9 Å². The molecular formula is C8H16N2O. The standard InChI is InChI=1S/C8H16N2O/c1-7(9)10-5-4-8-3-2-6-11-8/h8H,2-6H2,1H3,(H2,9,10). The van der Waals surface area contributed by atoms with Crippen molar-refractivity contribution in [1.29, 1.82) is 0 Å². The molecule has 0 radical (unpaired) electrons. The zero-order valence-electron chi connectivity index (χ0n) is 7.05. The van der Waals surface area contributed by atoms with E-state index in [9.17, 15) is 0 Å². The topological polar surface area (TPSA) is 47.6 Å². The predicted molar refractivity (Wildman–Crippen MR) is 45.8 cm³/mol. The molecule has 0 saturated carbocycles. The van der Waals surface area contributed by atoms with Gasteiger partial charge < -0.3 is 10.5 Å². The van der Waals surface area contributed by atoms with E-state index in [4.69, 9.17) is 10.5 Å². The number of rotatable bonds is 3. The minimum Gasteiger partial charge on any atom is -0.388 e. The fourth-order valence-electron chi connectivity index (χ4n) is 1.26. The van der Waals surface area contributed by atoms with Gasteiger partial charge in [0, 0.05) is 13.2 Å². The van der Waals surface area contributed by atoms with Crippen LogP contribution in [-0.4, -0.2) is 25.1 Å². The number of aliphatic imine (C=N–C) groups is 1. The molecule has 3 nitrogen and oxygen atoms in total. The Hall–Kier alpha value is -0.570. The van der Waals surface area contributed by atoms with E-state index in [0.717, 1.165) is 19.6 Å². The van der Waals surface area contributed by atoms with Crippen LogP contribution in [0.1, 0.15) is 26.2 Å². The summed E-state index contributed by atoms with van der Waals surface area (Å²) in [5.74, 6) is 0.669. The van der Waals surface area contributed by atoms with Crippen LogP contribution in [-0.2, 0) is 4.74 Å². The monoisotopic (exact) mass is 156 g/mol. The Morgan fingerprint density at radius 3 is 3.09 bits per heavy atom. The van der Waals surface area contributed by atoms with Gasteiger partial charge in [-0.1, -0.05) is 0 Å². The number of ether oxygens (including phenoxy) is 1. The zero-order valence-corrected chi connectivity index (χ0v) is 7.05. The van der Waals surface area contributed by atoms with Gasteiger partial charge in [-0.05, 0) is 26.2 Å². The molecule has 3 heteroatoms. The van der Waals surface area contributed by atoms with Crippen molar-refractivity contribution < 1.29 is 4.74 Å². The van der Waals surface area contributed by atoms with Gasteiger partial charge in [-0.15, -0.1) is 0 Å². The SMILES string of the molecule is CC(N)=NCCC1CCCO1. The van der Waals surface area contributed by atoms with Crippen LogP contribution in [0.5, 0.6) is 0 Å². The van der Waals surface area contributed by atoms with Gasteiger partial charge >= 0.3 is 0 Å². The van der Waals surface area contributed by atoms with Crippen molar-refractivity contribution in [2.75, 3.05) is 13.2 Å². The Morgan fingerprint density at radius 1 is 1.73 bits per heavy atom. The lowest BCUT2D eigenvalue weighted by atomic mass is 10.2. The van der Waals surface area contributed by atoms with Gasteiger partial charge in [-0.25, -0.2) is 0 Å². The molecule has 0 aromatic rings. The quantitative estimate of drug-likeness (QED) is 0.488. The van der Waals surface area contributed by atoms with Crippen molar-refractivity contribution in [3.05, 3.63) is 0 Å². The lowest BCUT2D eigenvalue weighted by Crippen LogP contribution is -2.10. The first-order valence-corrected chi connectivity index (χ1v) is 4.17. The molecule has 0 aromatic carbocycles. The third kappa shape index (κ3) is 3.37. The highest BCUT2D eigenvalue weighted by Crippen LogP contribution is 2.14. The Balaban J connectivity index is 2.07. The lowest BCUT2D eigenvalue weighted by Gasteiger charge is -2.05. The van der Waals surface area contributed by atoms with Crippen LogP contribution >= 0.6 is 0 Å². The molecule has 1 heterocycles. The highest BCUT2D eigenvalue weighted by Gasteiger charge is 2.13. The highest BCUT2D eigenvalue weighted by atomic mass is 16.5. The summed E-state index contributed by atoms with van der Waals surface area (Å²) in [7, 11) is 0. The summed E-state index contributed by atoms with van der Waals surface area (Å²) in [6.45, 7) is 3.55. The van der Waals surface area contributed by atoms with Gasteiger partial charge in [0.05, 0.1) is 11.9 Å². The van der Waals surface area contributed by atoms with Gasteiger partial charge in [0.15, 0.2) is 0 Å². The van der Waals surface area contributed by atoms with Crippen molar-refractivity contribution in [3.8, 4) is 0 Å². The molecule has 1 rings (SSSR count). The van der Waals surface area contributed by atoms with Crippen LogP contribution in [0.15, 0.2) is 4.99 Å². The molecule has 0 aliphatic carbocycles. The van der Waals surface area contributed by atoms with Crippen LogP contribution in [0.25, 0.3) is 0 Å². The number of nitrogens with zero attached hydrogens (tertiary/aromatic N) is 1. The van der Waals surface area contributed by atoms with Crippen molar-refractivity contribution in [2.24, 2.45) is 10.7 Å². The van der Waals surface area contributed by atoms with Gasteiger partial charge in [-0.3, -0.25) is 4.99 Å². The minimum atomic E-state index is 0.443. The van der Waals surface area contributed by atoms with E-state index in [1.54, 1.807) is 0 Å². The molecule has 1 fully saturated rings. The van der Waals surface area contributed by atoms with Gasteiger partial charge in [0.1, 0.15) is 0 Å². The summed E-state index contributed by atoms with van der Waals surface area (Å²) in [4.78, 5) is 4.10. The van der Waals surface area contributed by atoms with E-state index >= 15 is 0 Å². The normalized spacial score (nSPS) is 25.9. The maximum absolute atomic E-state index is 5.42. The summed E-state index contributed by atoms with van der Waals surface area (Å²) in [6.07, 6.45) is 3.86. The molecule has 0 spiro atoms. The first-order chi connectivity index (χ1) is 5.29. The first-order valence-electron chi connectivity index (χ1n) is 4.17. The highest BCUT2D eigenvalue weighted by molar-refractivity contribution is 5.77. The molecule has 0 bridgehead atoms. The molecule has 1 aliphatic heterocycles. The van der Waals surface area contributed by atoms with Crippen molar-refractivity contribution in [3.63, 3.8) is 0 Å². The smallest absolute Gasteiger partial charge is 0.0905 e. The predicted octanol–water partition coefficient (Wildman–Crippen LogP) is 0.933. The van der Waals surface area contributed by atoms with E-state index in [1.165, 1.54) is 12.8 Å². The average molecular weight is 156 g/mol. The largest absolute Gasteiger partial charge is 0.388 e. The summed E-state index contributed by atoms with van der Waals surface area (Å²) in [5.41, 5.74) is 5.39. The Kier molecular flexibility index (Phi) is 3.36. The summed E-state index contributed by atoms with van der Waals surface area (Å²) < 4.78 is 5.42. The third-order valence-corrected chi connectivity index (χ3v) is 1.84. The second-order valence-electron chi connectivity index (χ2n) is 2.95. The average Bonchev–Trinajstić information content (AvgIpc) is 2.39. The van der Waals surface area contributed by atoms with E-state index in [-0.39, 0.29) is 0 Å². The van der Waals surface area contributed by atoms with Crippen LogP contribution in [0.3, 0.4) is 0 Å². The molecule has 0 amide bonds. The molecule has 11 heavy (non-hydrogen) atoms. The van der Waals surface area contributed by atoms with Crippen molar-refractivity contribution >= 4 is 5.84 Å². The van der Waals surface area contributed by atoms with Gasteiger partial charge in [-0.2, -0.15) is 0 Å². The number of hydrogen-bond acceptors (Lipinski definition) is 2. The zero-order chi connectivity index (χ0) is 8.10. The Bertz CT molecular complexity index is 135. The summed E-state index contributed by atoms with van der Waals surface area (Å²) >= 11 is 0. The summed E-state index contributed by atoms with van der Waals surface area (Å²) in [5, 5.41) is 0. The van der Waals surface area contributed by atoms with E-state index in [2.05, 4.69) is 4.99 Å². The van der Waals surface area contributed by atoms with Crippen LogP contribution in [0, 0.1) is 0 Å². The summed E-state index contributed by atoms with van der Waals surface area (Å²) in [6, 6.07) is 0. The van der Waals surface area contributed by atoms with Crippen LogP contribution in [0.2, 0.25) is 0 Å². The second-order valence-corrected chi connectivity index (χ2v) is 2.95. The molecule has 1 saturated heterocycles. The maximum Gasteiger partial charge on any atom is 0.0905 e. The fourth-order valence-corrected chi connectivity index (χ4v) is 1.26. The maximum atomic E-state index is 5.42. The molecular weight excluding hydrogens is 140 g/mol. The van der Waals surface area contributed by atoms with Crippen molar-refractivity contribution in [2.45, 2.75) is 32.3 Å². The molecule has 1 atom stereocenters. The molecule has 2 N–H and O–H groups in total. The minimum absolute atomic E-state index is 0.443. The van der Waals surface area contributed by atoms with Crippen molar-refractivity contribution in [1.82, 2.24) is 0 Å². The van der Waals surface area contributed by atoms with E-state index < -0.39 is 0 Å². The van der Waals surface area contributed by atoms with Crippen LogP contribution in [0.4, 0.5) is 0 Å².